The maximum atomic E-state index is 12.9. The second-order valence-corrected chi connectivity index (χ2v) is 8.07. The molecule has 0 fully saturated rings. The SMILES string of the molecule is CCCn1c(=O)c2ccccc2n2c(SCCOc3c(C)cccc3C)nnc12. The Labute approximate surface area is 173 Å². The molecule has 7 heteroatoms. The largest absolute Gasteiger partial charge is 0.492 e. The lowest BCUT2D eigenvalue weighted by atomic mass is 10.1. The minimum atomic E-state index is -0.0164. The van der Waals surface area contributed by atoms with Crippen LogP contribution in [0.2, 0.25) is 0 Å². The van der Waals surface area contributed by atoms with E-state index >= 15 is 0 Å². The monoisotopic (exact) mass is 408 g/mol. The van der Waals surface area contributed by atoms with Crippen molar-refractivity contribution in [3.05, 3.63) is 63.9 Å². The second kappa shape index (κ2) is 8.29. The van der Waals surface area contributed by atoms with Crippen LogP contribution in [-0.4, -0.2) is 31.5 Å². The van der Waals surface area contributed by atoms with Crippen LogP contribution in [0.25, 0.3) is 16.7 Å². The molecule has 150 valence electrons. The summed E-state index contributed by atoms with van der Waals surface area (Å²) in [5, 5.41) is 10.1. The van der Waals surface area contributed by atoms with E-state index in [0.29, 0.717) is 24.3 Å². The van der Waals surface area contributed by atoms with Gasteiger partial charge in [0.15, 0.2) is 5.16 Å². The van der Waals surface area contributed by atoms with Crippen LogP contribution in [0.15, 0.2) is 52.4 Å². The molecule has 0 radical (unpaired) electrons. The molecule has 4 rings (SSSR count). The van der Waals surface area contributed by atoms with E-state index in [4.69, 9.17) is 4.74 Å². The van der Waals surface area contributed by atoms with Crippen LogP contribution in [-0.2, 0) is 6.54 Å². The van der Waals surface area contributed by atoms with Gasteiger partial charge in [-0.05, 0) is 43.5 Å². The summed E-state index contributed by atoms with van der Waals surface area (Å²) in [5.41, 5.74) is 3.09. The molecular weight excluding hydrogens is 384 g/mol. The zero-order valence-electron chi connectivity index (χ0n) is 16.9. The fourth-order valence-electron chi connectivity index (χ4n) is 3.56. The molecule has 0 aliphatic heterocycles. The summed E-state index contributed by atoms with van der Waals surface area (Å²) in [7, 11) is 0. The first kappa shape index (κ1) is 19.5. The molecule has 0 bridgehead atoms. The molecule has 0 aliphatic carbocycles. The molecule has 6 nitrogen and oxygen atoms in total. The van der Waals surface area contributed by atoms with E-state index in [-0.39, 0.29) is 5.56 Å². The number of fused-ring (bicyclic) bond motifs is 3. The molecule has 0 atom stereocenters. The normalized spacial score (nSPS) is 11.4. The van der Waals surface area contributed by atoms with E-state index in [0.717, 1.165) is 39.7 Å². The van der Waals surface area contributed by atoms with Crippen LogP contribution >= 0.6 is 11.8 Å². The van der Waals surface area contributed by atoms with Crippen LogP contribution in [0.4, 0.5) is 0 Å². The van der Waals surface area contributed by atoms with Gasteiger partial charge in [0.2, 0.25) is 5.78 Å². The quantitative estimate of drug-likeness (QED) is 0.338. The first-order chi connectivity index (χ1) is 14.1. The number of para-hydroxylation sites is 2. The summed E-state index contributed by atoms with van der Waals surface area (Å²) < 4.78 is 9.71. The minimum Gasteiger partial charge on any atom is -0.492 e. The standard InChI is InChI=1S/C22H24N4O2S/c1-4-12-25-20(27)17-10-5-6-11-18(17)26-21(25)23-24-22(26)29-14-13-28-19-15(2)8-7-9-16(19)3/h5-11H,4,12-14H2,1-3H3. The van der Waals surface area contributed by atoms with Crippen molar-refractivity contribution in [1.82, 2.24) is 19.2 Å². The van der Waals surface area contributed by atoms with Crippen LogP contribution in [0.3, 0.4) is 0 Å². The number of aryl methyl sites for hydroxylation is 3. The molecule has 0 saturated heterocycles. The van der Waals surface area contributed by atoms with Crippen molar-refractivity contribution in [1.29, 1.82) is 0 Å². The molecule has 4 aromatic rings. The Bertz CT molecular complexity index is 1210. The third-order valence-electron chi connectivity index (χ3n) is 4.90. The molecule has 0 unspecified atom stereocenters. The highest BCUT2D eigenvalue weighted by Crippen LogP contribution is 2.24. The van der Waals surface area contributed by atoms with Gasteiger partial charge in [0.25, 0.3) is 5.56 Å². The molecule has 0 spiro atoms. The third-order valence-corrected chi connectivity index (χ3v) is 5.79. The number of hydrogen-bond acceptors (Lipinski definition) is 5. The highest BCUT2D eigenvalue weighted by Gasteiger charge is 2.16. The Morgan fingerprint density at radius 2 is 1.79 bits per heavy atom. The van der Waals surface area contributed by atoms with E-state index < -0.39 is 0 Å². The number of nitrogens with zero attached hydrogens (tertiary/aromatic N) is 4. The summed E-state index contributed by atoms with van der Waals surface area (Å²) in [5.74, 6) is 2.27. The van der Waals surface area contributed by atoms with E-state index in [9.17, 15) is 4.79 Å². The smallest absolute Gasteiger partial charge is 0.262 e. The fourth-order valence-corrected chi connectivity index (χ4v) is 4.31. The van der Waals surface area contributed by atoms with Gasteiger partial charge in [-0.25, -0.2) is 0 Å². The van der Waals surface area contributed by atoms with E-state index in [1.165, 1.54) is 0 Å². The highest BCUT2D eigenvalue weighted by molar-refractivity contribution is 7.99. The summed E-state index contributed by atoms with van der Waals surface area (Å²) in [6.45, 7) is 7.35. The summed E-state index contributed by atoms with van der Waals surface area (Å²) in [4.78, 5) is 12.9. The minimum absolute atomic E-state index is 0.0164. The van der Waals surface area contributed by atoms with E-state index in [2.05, 4.69) is 43.1 Å². The number of thioether (sulfide) groups is 1. The van der Waals surface area contributed by atoms with Crippen molar-refractivity contribution in [3.63, 3.8) is 0 Å². The molecule has 2 aromatic carbocycles. The van der Waals surface area contributed by atoms with Crippen molar-refractivity contribution in [3.8, 4) is 5.75 Å². The number of aromatic nitrogens is 4. The van der Waals surface area contributed by atoms with Gasteiger partial charge in [-0.2, -0.15) is 0 Å². The zero-order valence-corrected chi connectivity index (χ0v) is 17.7. The van der Waals surface area contributed by atoms with Gasteiger partial charge in [0.1, 0.15) is 5.75 Å². The molecule has 0 amide bonds. The average Bonchev–Trinajstić information content (AvgIpc) is 3.14. The van der Waals surface area contributed by atoms with E-state index in [1.807, 2.05) is 34.7 Å². The lowest BCUT2D eigenvalue weighted by Crippen LogP contribution is -2.23. The van der Waals surface area contributed by atoms with Crippen LogP contribution < -0.4 is 10.3 Å². The maximum absolute atomic E-state index is 12.9. The second-order valence-electron chi connectivity index (χ2n) is 7.01. The summed E-state index contributed by atoms with van der Waals surface area (Å²) in [6.07, 6.45) is 0.854. The molecule has 2 aromatic heterocycles. The van der Waals surface area contributed by atoms with Crippen molar-refractivity contribution in [2.45, 2.75) is 38.9 Å². The van der Waals surface area contributed by atoms with Gasteiger partial charge < -0.3 is 4.74 Å². The van der Waals surface area contributed by atoms with Gasteiger partial charge >= 0.3 is 0 Å². The van der Waals surface area contributed by atoms with Crippen molar-refractivity contribution in [2.75, 3.05) is 12.4 Å². The van der Waals surface area contributed by atoms with Gasteiger partial charge in [0.05, 0.1) is 17.5 Å². The lowest BCUT2D eigenvalue weighted by molar-refractivity contribution is 0.339. The first-order valence-corrected chi connectivity index (χ1v) is 10.8. The van der Waals surface area contributed by atoms with Gasteiger partial charge in [-0.15, -0.1) is 10.2 Å². The topological polar surface area (TPSA) is 61.4 Å². The number of rotatable bonds is 7. The average molecular weight is 409 g/mol. The Morgan fingerprint density at radius 1 is 1.03 bits per heavy atom. The molecule has 0 N–H and O–H groups in total. The van der Waals surface area contributed by atoms with Crippen LogP contribution in [0, 0.1) is 13.8 Å². The fraction of sp³-hybridized carbons (Fsp3) is 0.318. The van der Waals surface area contributed by atoms with Crippen LogP contribution in [0.1, 0.15) is 24.5 Å². The Kier molecular flexibility index (Phi) is 5.58. The number of ether oxygens (including phenoxy) is 1. The van der Waals surface area contributed by atoms with Crippen LogP contribution in [0.5, 0.6) is 5.75 Å². The summed E-state index contributed by atoms with van der Waals surface area (Å²) >= 11 is 1.58. The Balaban J connectivity index is 1.62. The van der Waals surface area contributed by atoms with E-state index in [1.54, 1.807) is 16.3 Å². The number of hydrogen-bond donors (Lipinski definition) is 0. The molecule has 29 heavy (non-hydrogen) atoms. The first-order valence-electron chi connectivity index (χ1n) is 9.80. The zero-order chi connectivity index (χ0) is 20.4. The van der Waals surface area contributed by atoms with Crippen molar-refractivity contribution >= 4 is 28.4 Å². The predicted octanol–water partition coefficient (Wildman–Crippen LogP) is 4.24. The molecular formula is C22H24N4O2S. The molecule has 0 aliphatic rings. The molecule has 2 heterocycles. The summed E-state index contributed by atoms with van der Waals surface area (Å²) in [6, 6.07) is 13.8. The van der Waals surface area contributed by atoms with Gasteiger partial charge in [-0.3, -0.25) is 13.8 Å². The molecule has 0 saturated carbocycles. The van der Waals surface area contributed by atoms with Gasteiger partial charge in [0, 0.05) is 12.3 Å². The lowest BCUT2D eigenvalue weighted by Gasteiger charge is -2.12. The highest BCUT2D eigenvalue weighted by atomic mass is 32.2. The number of benzene rings is 2. The Morgan fingerprint density at radius 3 is 2.55 bits per heavy atom. The Hall–Kier alpha value is -2.80. The van der Waals surface area contributed by atoms with Gasteiger partial charge in [-0.1, -0.05) is 49.0 Å². The van der Waals surface area contributed by atoms with Crippen molar-refractivity contribution in [2.24, 2.45) is 0 Å². The predicted molar refractivity (Wildman–Crippen MR) is 117 cm³/mol. The third kappa shape index (κ3) is 3.62. The van der Waals surface area contributed by atoms with Crippen molar-refractivity contribution < 1.29 is 4.74 Å². The maximum Gasteiger partial charge on any atom is 0.262 e.